The van der Waals surface area contributed by atoms with Crippen molar-refractivity contribution in [2.75, 3.05) is 12.4 Å². The second kappa shape index (κ2) is 6.95. The molecule has 0 fully saturated rings. The number of alkyl halides is 1. The number of hydrogen-bond donors (Lipinski definition) is 0. The Morgan fingerprint density at radius 3 is 3.00 bits per heavy atom. The van der Waals surface area contributed by atoms with Crippen LogP contribution >= 0.6 is 15.9 Å². The molecule has 0 rings (SSSR count). The summed E-state index contributed by atoms with van der Waals surface area (Å²) in [7, 11) is 1.55. The van der Waals surface area contributed by atoms with Gasteiger partial charge in [-0.25, -0.2) is 0 Å². The normalized spacial score (nSPS) is 10.2. The molecule has 48 valence electrons. The molecule has 3 heteroatoms. The highest BCUT2D eigenvalue weighted by Gasteiger charge is 1.77. The van der Waals surface area contributed by atoms with Gasteiger partial charge >= 0.3 is 0 Å². The van der Waals surface area contributed by atoms with Crippen molar-refractivity contribution < 1.29 is 4.84 Å². The number of rotatable bonds is 4. The van der Waals surface area contributed by atoms with Crippen LogP contribution in [0.2, 0.25) is 0 Å². The maximum absolute atomic E-state index is 4.44. The summed E-state index contributed by atoms with van der Waals surface area (Å²) in [6.07, 6.45) is 3.87. The van der Waals surface area contributed by atoms with E-state index in [0.717, 1.165) is 18.2 Å². The van der Waals surface area contributed by atoms with Gasteiger partial charge in [0.2, 0.25) is 0 Å². The Bertz CT molecular complexity index is 65.4. The average Bonchev–Trinajstić information content (AvgIpc) is 1.81. The Balaban J connectivity index is 2.80. The fourth-order valence-corrected chi connectivity index (χ4v) is 0.619. The molecule has 0 saturated carbocycles. The lowest BCUT2D eigenvalue weighted by atomic mass is 10.4. The summed E-state index contributed by atoms with van der Waals surface area (Å²) in [5.74, 6) is 0. The number of unbranched alkanes of at least 4 members (excludes halogenated alkanes) is 1. The predicted octanol–water partition coefficient (Wildman–Crippen LogP) is 1.79. The fourth-order valence-electron chi connectivity index (χ4n) is 0.296. The molecule has 0 heterocycles. The molecule has 0 saturated heterocycles. The van der Waals surface area contributed by atoms with E-state index in [4.69, 9.17) is 0 Å². The van der Waals surface area contributed by atoms with Gasteiger partial charge in [-0.15, -0.1) is 0 Å². The van der Waals surface area contributed by atoms with Crippen LogP contribution in [0, 0.1) is 0 Å². The summed E-state index contributed by atoms with van der Waals surface area (Å²) in [6, 6.07) is 0. The first kappa shape index (κ1) is 7.95. The molecule has 0 bridgehead atoms. The van der Waals surface area contributed by atoms with Crippen LogP contribution in [0.4, 0.5) is 0 Å². The Morgan fingerprint density at radius 2 is 2.50 bits per heavy atom. The van der Waals surface area contributed by atoms with E-state index in [9.17, 15) is 0 Å². The Kier molecular flexibility index (Phi) is 6.91. The SMILES string of the molecule is CO/N=C/CCCBr. The summed E-state index contributed by atoms with van der Waals surface area (Å²) in [4.78, 5) is 4.44. The van der Waals surface area contributed by atoms with E-state index in [1.54, 1.807) is 13.3 Å². The third-order valence-electron chi connectivity index (χ3n) is 0.647. The van der Waals surface area contributed by atoms with Crippen molar-refractivity contribution in [3.63, 3.8) is 0 Å². The van der Waals surface area contributed by atoms with E-state index in [-0.39, 0.29) is 0 Å². The van der Waals surface area contributed by atoms with Gasteiger partial charge < -0.3 is 4.84 Å². The van der Waals surface area contributed by atoms with Crippen molar-refractivity contribution in [2.24, 2.45) is 5.16 Å². The van der Waals surface area contributed by atoms with Gasteiger partial charge in [-0.05, 0) is 12.8 Å². The van der Waals surface area contributed by atoms with Crippen molar-refractivity contribution in [1.82, 2.24) is 0 Å². The van der Waals surface area contributed by atoms with E-state index in [2.05, 4.69) is 25.9 Å². The maximum Gasteiger partial charge on any atom is 0.106 e. The second-order valence-corrected chi connectivity index (χ2v) is 2.09. The number of hydrogen-bond acceptors (Lipinski definition) is 2. The van der Waals surface area contributed by atoms with Crippen LogP contribution in [-0.4, -0.2) is 18.7 Å². The summed E-state index contributed by atoms with van der Waals surface area (Å²) < 4.78 is 0. The summed E-state index contributed by atoms with van der Waals surface area (Å²) in [5, 5.41) is 4.59. The van der Waals surface area contributed by atoms with Crippen molar-refractivity contribution >= 4 is 22.1 Å². The van der Waals surface area contributed by atoms with Crippen LogP contribution in [-0.2, 0) is 4.84 Å². The van der Waals surface area contributed by atoms with E-state index < -0.39 is 0 Å². The van der Waals surface area contributed by atoms with Crippen molar-refractivity contribution in [3.8, 4) is 0 Å². The zero-order chi connectivity index (χ0) is 6.24. The highest BCUT2D eigenvalue weighted by molar-refractivity contribution is 9.09. The van der Waals surface area contributed by atoms with Gasteiger partial charge in [-0.2, -0.15) is 0 Å². The maximum atomic E-state index is 4.44. The Morgan fingerprint density at radius 1 is 1.75 bits per heavy atom. The van der Waals surface area contributed by atoms with E-state index >= 15 is 0 Å². The molecule has 0 aromatic heterocycles. The smallest absolute Gasteiger partial charge is 0.106 e. The number of nitrogens with zero attached hydrogens (tertiary/aromatic N) is 1. The molecule has 0 amide bonds. The van der Waals surface area contributed by atoms with Gasteiger partial charge in [0.1, 0.15) is 7.11 Å². The van der Waals surface area contributed by atoms with Crippen LogP contribution in [0.3, 0.4) is 0 Å². The standard InChI is InChI=1S/C5H10BrNO/c1-8-7-5-3-2-4-6/h5H,2-4H2,1H3/b7-5+. The van der Waals surface area contributed by atoms with E-state index in [1.165, 1.54) is 0 Å². The predicted molar refractivity (Wildman–Crippen MR) is 38.5 cm³/mol. The lowest BCUT2D eigenvalue weighted by Crippen LogP contribution is -1.77. The molecule has 0 N–H and O–H groups in total. The molecular formula is C5H10BrNO. The lowest BCUT2D eigenvalue weighted by Gasteiger charge is -1.85. The number of halogens is 1. The third-order valence-corrected chi connectivity index (χ3v) is 1.21. The van der Waals surface area contributed by atoms with Gasteiger partial charge in [0, 0.05) is 11.5 Å². The molecule has 0 aromatic rings. The van der Waals surface area contributed by atoms with Crippen molar-refractivity contribution in [3.05, 3.63) is 0 Å². The number of oxime groups is 1. The minimum absolute atomic E-state index is 0.985. The quantitative estimate of drug-likeness (QED) is 0.279. The minimum Gasteiger partial charge on any atom is -0.399 e. The molecule has 0 spiro atoms. The second-order valence-electron chi connectivity index (χ2n) is 1.30. The molecule has 8 heavy (non-hydrogen) atoms. The first-order valence-electron chi connectivity index (χ1n) is 2.52. The third kappa shape index (κ3) is 5.95. The zero-order valence-corrected chi connectivity index (χ0v) is 6.52. The van der Waals surface area contributed by atoms with Crippen LogP contribution in [0.15, 0.2) is 5.16 Å². The van der Waals surface area contributed by atoms with E-state index in [0.29, 0.717) is 0 Å². The lowest BCUT2D eigenvalue weighted by molar-refractivity contribution is 0.214. The van der Waals surface area contributed by atoms with Crippen LogP contribution < -0.4 is 0 Å². The summed E-state index contributed by atoms with van der Waals surface area (Å²) in [5.41, 5.74) is 0. The molecule has 0 radical (unpaired) electrons. The summed E-state index contributed by atoms with van der Waals surface area (Å²) >= 11 is 3.30. The topological polar surface area (TPSA) is 21.6 Å². The van der Waals surface area contributed by atoms with Crippen LogP contribution in [0.1, 0.15) is 12.8 Å². The molecule has 0 unspecified atom stereocenters. The van der Waals surface area contributed by atoms with Gasteiger partial charge in [0.15, 0.2) is 0 Å². The molecule has 2 nitrogen and oxygen atoms in total. The molecular weight excluding hydrogens is 170 g/mol. The first-order valence-corrected chi connectivity index (χ1v) is 3.65. The molecule has 0 aromatic carbocycles. The van der Waals surface area contributed by atoms with E-state index in [1.807, 2.05) is 0 Å². The molecule has 0 atom stereocenters. The fraction of sp³-hybridized carbons (Fsp3) is 0.800. The molecule has 0 aliphatic carbocycles. The van der Waals surface area contributed by atoms with Gasteiger partial charge in [-0.3, -0.25) is 0 Å². The summed E-state index contributed by atoms with van der Waals surface area (Å²) in [6.45, 7) is 0. The average molecular weight is 180 g/mol. The highest BCUT2D eigenvalue weighted by atomic mass is 79.9. The van der Waals surface area contributed by atoms with Gasteiger partial charge in [0.25, 0.3) is 0 Å². The molecule has 0 aliphatic heterocycles. The van der Waals surface area contributed by atoms with Gasteiger partial charge in [-0.1, -0.05) is 21.1 Å². The zero-order valence-electron chi connectivity index (χ0n) is 4.93. The van der Waals surface area contributed by atoms with Crippen LogP contribution in [0.25, 0.3) is 0 Å². The first-order chi connectivity index (χ1) is 3.91. The Hall–Kier alpha value is -0.0500. The van der Waals surface area contributed by atoms with Crippen molar-refractivity contribution in [1.29, 1.82) is 0 Å². The highest BCUT2D eigenvalue weighted by Crippen LogP contribution is 1.89. The van der Waals surface area contributed by atoms with Gasteiger partial charge in [0.05, 0.1) is 0 Å². The minimum atomic E-state index is 0.985. The Labute approximate surface area is 58.0 Å². The van der Waals surface area contributed by atoms with Crippen molar-refractivity contribution in [2.45, 2.75) is 12.8 Å². The largest absolute Gasteiger partial charge is 0.399 e. The monoisotopic (exact) mass is 179 g/mol. The van der Waals surface area contributed by atoms with Crippen LogP contribution in [0.5, 0.6) is 0 Å². The molecule has 0 aliphatic rings.